The van der Waals surface area contributed by atoms with Gasteiger partial charge in [0.1, 0.15) is 12.6 Å². The van der Waals surface area contributed by atoms with E-state index in [4.69, 9.17) is 14.0 Å². The Bertz CT molecular complexity index is 529. The molecule has 1 aromatic rings. The number of aromatic nitrogens is 2. The van der Waals surface area contributed by atoms with Gasteiger partial charge < -0.3 is 18.9 Å². The maximum absolute atomic E-state index is 11.6. The first-order valence-electron chi connectivity index (χ1n) is 5.69. The fraction of sp³-hybridized carbons (Fsp3) is 0.600. The molecule has 9 heteroatoms. The topological polar surface area (TPSA) is 103 Å². The van der Waals surface area contributed by atoms with Gasteiger partial charge in [-0.2, -0.15) is 0 Å². The van der Waals surface area contributed by atoms with Crippen LogP contribution >= 0.6 is 8.38 Å². The lowest BCUT2D eigenvalue weighted by atomic mass is 10.3. The van der Waals surface area contributed by atoms with E-state index in [0.29, 0.717) is 12.8 Å². The highest BCUT2D eigenvalue weighted by Gasteiger charge is 2.28. The summed E-state index contributed by atoms with van der Waals surface area (Å²) in [5.74, 6) is 0. The largest absolute Gasteiger partial charge is 0.348 e. The zero-order valence-electron chi connectivity index (χ0n) is 10.3. The van der Waals surface area contributed by atoms with Gasteiger partial charge in [0, 0.05) is 25.8 Å². The third kappa shape index (κ3) is 3.71. The molecule has 2 N–H and O–H groups in total. The molecule has 1 aliphatic heterocycles. The Balaban J connectivity index is 1.94. The van der Waals surface area contributed by atoms with Crippen molar-refractivity contribution in [1.82, 2.24) is 9.55 Å². The van der Waals surface area contributed by atoms with Crippen LogP contribution in [-0.2, 0) is 14.0 Å². The van der Waals surface area contributed by atoms with Crippen molar-refractivity contribution in [2.24, 2.45) is 0 Å². The van der Waals surface area contributed by atoms with E-state index in [2.05, 4.69) is 4.98 Å². The van der Waals surface area contributed by atoms with Crippen LogP contribution in [0, 0.1) is 0 Å². The lowest BCUT2D eigenvalue weighted by Crippen LogP contribution is -2.31. The third-order valence-electron chi connectivity index (χ3n) is 2.70. The molecule has 0 saturated carbocycles. The molecule has 0 bridgehead atoms. The van der Waals surface area contributed by atoms with Crippen molar-refractivity contribution < 1.29 is 18.9 Å². The first-order chi connectivity index (χ1) is 9.10. The minimum Gasteiger partial charge on any atom is -0.348 e. The summed E-state index contributed by atoms with van der Waals surface area (Å²) in [7, 11) is -0.196. The molecule has 0 radical (unpaired) electrons. The molecule has 8 nitrogen and oxygen atoms in total. The number of aromatic amines is 1. The Hall–Kier alpha value is -1.05. The van der Waals surface area contributed by atoms with Gasteiger partial charge in [0.25, 0.3) is 5.56 Å². The van der Waals surface area contributed by atoms with Gasteiger partial charge in [-0.05, 0) is 6.42 Å². The molecule has 19 heavy (non-hydrogen) atoms. The zero-order chi connectivity index (χ0) is 13.8. The smallest absolute Gasteiger partial charge is 0.330 e. The van der Waals surface area contributed by atoms with Gasteiger partial charge in [0.15, 0.2) is 14.7 Å². The second-order valence-electron chi connectivity index (χ2n) is 3.95. The summed E-state index contributed by atoms with van der Waals surface area (Å²) in [6.45, 7) is 0. The maximum Gasteiger partial charge on any atom is 0.330 e. The van der Waals surface area contributed by atoms with Crippen LogP contribution in [0.5, 0.6) is 0 Å². The molecule has 0 amide bonds. The second-order valence-corrected chi connectivity index (χ2v) is 5.27. The highest BCUT2D eigenvalue weighted by Crippen LogP contribution is 2.33. The lowest BCUT2D eigenvalue weighted by molar-refractivity contribution is -0.141. The summed E-state index contributed by atoms with van der Waals surface area (Å²) >= 11 is 0. The van der Waals surface area contributed by atoms with Gasteiger partial charge in [-0.1, -0.05) is 0 Å². The van der Waals surface area contributed by atoms with Crippen LogP contribution in [0.2, 0.25) is 0 Å². The molecule has 1 fully saturated rings. The van der Waals surface area contributed by atoms with Gasteiger partial charge in [0.2, 0.25) is 0 Å². The molecule has 3 atom stereocenters. The van der Waals surface area contributed by atoms with Gasteiger partial charge >= 0.3 is 5.69 Å². The number of ether oxygens (including phenoxy) is 2. The summed E-state index contributed by atoms with van der Waals surface area (Å²) in [6, 6.07) is 1.26. The summed E-state index contributed by atoms with van der Waals surface area (Å²) in [5.41, 5.74) is -0.961. The van der Waals surface area contributed by atoms with E-state index in [1.165, 1.54) is 23.9 Å². The molecular weight excluding hydrogens is 275 g/mol. The van der Waals surface area contributed by atoms with Crippen LogP contribution in [0.3, 0.4) is 0 Å². The van der Waals surface area contributed by atoms with E-state index in [9.17, 15) is 14.5 Å². The van der Waals surface area contributed by atoms with Crippen LogP contribution in [-0.4, -0.2) is 34.2 Å². The van der Waals surface area contributed by atoms with Crippen LogP contribution in [0.25, 0.3) is 0 Å². The van der Waals surface area contributed by atoms with Crippen molar-refractivity contribution in [2.45, 2.75) is 25.4 Å². The lowest BCUT2D eigenvalue weighted by Gasteiger charge is -2.16. The minimum atomic E-state index is -1.59. The van der Waals surface area contributed by atoms with Crippen molar-refractivity contribution in [1.29, 1.82) is 0 Å². The average molecular weight is 290 g/mol. The molecule has 1 saturated heterocycles. The molecule has 2 heterocycles. The van der Waals surface area contributed by atoms with E-state index in [1.807, 2.05) is 0 Å². The van der Waals surface area contributed by atoms with Gasteiger partial charge in [-0.25, -0.2) is 4.79 Å². The van der Waals surface area contributed by atoms with Crippen molar-refractivity contribution >= 4 is 8.38 Å². The van der Waals surface area contributed by atoms with Gasteiger partial charge in [-0.15, -0.1) is 0 Å². The number of H-pyrrole nitrogens is 1. The van der Waals surface area contributed by atoms with E-state index in [-0.39, 0.29) is 6.35 Å². The van der Waals surface area contributed by atoms with E-state index in [0.717, 1.165) is 0 Å². The van der Waals surface area contributed by atoms with E-state index in [1.54, 1.807) is 0 Å². The Labute approximate surface area is 109 Å². The predicted octanol–water partition coefficient (Wildman–Crippen LogP) is 0.0964. The second kappa shape index (κ2) is 6.40. The number of hydrogen-bond donors (Lipinski definition) is 2. The fourth-order valence-corrected chi connectivity index (χ4v) is 2.17. The van der Waals surface area contributed by atoms with Crippen molar-refractivity contribution in [3.05, 3.63) is 33.1 Å². The monoisotopic (exact) mass is 290 g/mol. The highest BCUT2D eigenvalue weighted by atomic mass is 31.2. The first kappa shape index (κ1) is 14.4. The van der Waals surface area contributed by atoms with Crippen LogP contribution in [0.4, 0.5) is 0 Å². The quantitative estimate of drug-likeness (QED) is 0.745. The minimum absolute atomic E-state index is 0.0593. The van der Waals surface area contributed by atoms with E-state index >= 15 is 0 Å². The molecule has 1 unspecified atom stereocenters. The average Bonchev–Trinajstić information content (AvgIpc) is 2.84. The van der Waals surface area contributed by atoms with Crippen molar-refractivity contribution in [3.8, 4) is 0 Å². The van der Waals surface area contributed by atoms with Crippen LogP contribution in [0.15, 0.2) is 21.9 Å². The Kier molecular flexibility index (Phi) is 4.84. The predicted molar refractivity (Wildman–Crippen MR) is 66.6 cm³/mol. The van der Waals surface area contributed by atoms with Crippen molar-refractivity contribution in [2.75, 3.05) is 13.5 Å². The Morgan fingerprint density at radius 3 is 3.05 bits per heavy atom. The fourth-order valence-electron chi connectivity index (χ4n) is 1.77. The standard InChI is InChI=1S/C10H15N2O6P/c1-16-19(15)6-17-9-3-2-8(18-9)12-5-4-7(13)11-10(12)14/h4-5,8-9,15H,2-3,6H2,1H3,(H,11,13,14)/t8-,9+,19?/m1/s1. The summed E-state index contributed by atoms with van der Waals surface area (Å²) in [5, 5.41) is 0. The summed E-state index contributed by atoms with van der Waals surface area (Å²) in [4.78, 5) is 33.9. The molecule has 0 spiro atoms. The first-order valence-corrected chi connectivity index (χ1v) is 7.09. The van der Waals surface area contributed by atoms with E-state index < -0.39 is 32.1 Å². The van der Waals surface area contributed by atoms with Gasteiger partial charge in [0.05, 0.1) is 0 Å². The normalized spacial score (nSPS) is 24.5. The summed E-state index contributed by atoms with van der Waals surface area (Å²) < 4.78 is 16.8. The Morgan fingerprint density at radius 2 is 2.37 bits per heavy atom. The molecule has 0 aromatic carbocycles. The molecule has 1 aromatic heterocycles. The Morgan fingerprint density at radius 1 is 1.58 bits per heavy atom. The highest BCUT2D eigenvalue weighted by molar-refractivity contribution is 7.45. The maximum atomic E-state index is 11.6. The zero-order valence-corrected chi connectivity index (χ0v) is 11.2. The molecule has 2 rings (SSSR count). The van der Waals surface area contributed by atoms with Crippen LogP contribution in [0.1, 0.15) is 19.1 Å². The van der Waals surface area contributed by atoms with Gasteiger partial charge in [-0.3, -0.25) is 14.3 Å². The molecule has 106 valence electrons. The molecular formula is C10H15N2O6P. The number of nitrogens with zero attached hydrogens (tertiary/aromatic N) is 1. The molecule has 1 aliphatic rings. The van der Waals surface area contributed by atoms with Crippen molar-refractivity contribution in [3.63, 3.8) is 0 Å². The number of nitrogens with one attached hydrogen (secondary N) is 1. The SMILES string of the molecule is COP(O)CO[C@@H]1CC[C@H](n2ccc(=O)[nH]c2=O)O1. The van der Waals surface area contributed by atoms with Crippen LogP contribution < -0.4 is 11.2 Å². The molecule has 0 aliphatic carbocycles. The third-order valence-corrected chi connectivity index (χ3v) is 3.49. The number of rotatable bonds is 5. The summed E-state index contributed by atoms with van der Waals surface area (Å²) in [6.07, 6.45) is 1.68. The number of hydrogen-bond acceptors (Lipinski definition) is 6.